The van der Waals surface area contributed by atoms with Gasteiger partial charge < -0.3 is 10.6 Å². The number of anilines is 2. The van der Waals surface area contributed by atoms with Gasteiger partial charge >= 0.3 is 0 Å². The lowest BCUT2D eigenvalue weighted by molar-refractivity contribution is 0.0992. The van der Waals surface area contributed by atoms with E-state index in [0.29, 0.717) is 22.0 Å². The summed E-state index contributed by atoms with van der Waals surface area (Å²) >= 11 is 9.31. The standard InChI is InChI=1S/C14H12BrClN2O/c1-18(13-8-9(16)6-7-12(13)17)14(19)10-4-2-3-5-11(10)15/h2-8H,17H2,1H3. The van der Waals surface area contributed by atoms with Crippen LogP contribution in [0.1, 0.15) is 10.4 Å². The second kappa shape index (κ2) is 5.63. The van der Waals surface area contributed by atoms with Gasteiger partial charge in [-0.2, -0.15) is 0 Å². The molecule has 3 nitrogen and oxygen atoms in total. The van der Waals surface area contributed by atoms with Crippen molar-refractivity contribution in [2.75, 3.05) is 17.7 Å². The molecule has 98 valence electrons. The molecule has 0 spiro atoms. The molecule has 0 unspecified atom stereocenters. The van der Waals surface area contributed by atoms with Crippen molar-refractivity contribution in [3.8, 4) is 0 Å². The third-order valence-electron chi connectivity index (χ3n) is 2.76. The molecule has 0 heterocycles. The molecule has 0 aliphatic carbocycles. The molecule has 0 fully saturated rings. The zero-order valence-electron chi connectivity index (χ0n) is 10.2. The molecule has 2 aromatic carbocycles. The Morgan fingerprint density at radius 2 is 1.95 bits per heavy atom. The van der Waals surface area contributed by atoms with E-state index in [9.17, 15) is 4.79 Å². The Bertz CT molecular complexity index is 631. The zero-order chi connectivity index (χ0) is 14.0. The van der Waals surface area contributed by atoms with Gasteiger partial charge in [0.25, 0.3) is 5.91 Å². The van der Waals surface area contributed by atoms with E-state index >= 15 is 0 Å². The van der Waals surface area contributed by atoms with Gasteiger partial charge in [0, 0.05) is 16.5 Å². The van der Waals surface area contributed by atoms with Crippen LogP contribution in [0.3, 0.4) is 0 Å². The summed E-state index contributed by atoms with van der Waals surface area (Å²) in [4.78, 5) is 13.9. The summed E-state index contributed by atoms with van der Waals surface area (Å²) in [7, 11) is 1.67. The van der Waals surface area contributed by atoms with Crippen LogP contribution in [-0.2, 0) is 0 Å². The maximum atomic E-state index is 12.4. The molecule has 5 heteroatoms. The number of rotatable bonds is 2. The largest absolute Gasteiger partial charge is 0.397 e. The predicted octanol–water partition coefficient (Wildman–Crippen LogP) is 3.96. The Balaban J connectivity index is 2.39. The molecule has 1 amide bonds. The molecule has 0 aliphatic rings. The van der Waals surface area contributed by atoms with E-state index in [4.69, 9.17) is 17.3 Å². The van der Waals surface area contributed by atoms with Crippen molar-refractivity contribution in [2.24, 2.45) is 0 Å². The van der Waals surface area contributed by atoms with E-state index in [-0.39, 0.29) is 5.91 Å². The van der Waals surface area contributed by atoms with Crippen molar-refractivity contribution in [1.29, 1.82) is 0 Å². The molecular formula is C14H12BrClN2O. The van der Waals surface area contributed by atoms with Gasteiger partial charge in [0.1, 0.15) is 0 Å². The zero-order valence-corrected chi connectivity index (χ0v) is 12.6. The first-order valence-corrected chi connectivity index (χ1v) is 6.75. The minimum Gasteiger partial charge on any atom is -0.397 e. The molecule has 2 rings (SSSR count). The predicted molar refractivity (Wildman–Crippen MR) is 82.7 cm³/mol. The van der Waals surface area contributed by atoms with Crippen molar-refractivity contribution in [2.45, 2.75) is 0 Å². The quantitative estimate of drug-likeness (QED) is 0.842. The van der Waals surface area contributed by atoms with Crippen molar-refractivity contribution in [1.82, 2.24) is 0 Å². The molecule has 2 N–H and O–H groups in total. The second-order valence-corrected chi connectivity index (χ2v) is 5.34. The third-order valence-corrected chi connectivity index (χ3v) is 3.69. The fourth-order valence-electron chi connectivity index (χ4n) is 1.73. The highest BCUT2D eigenvalue weighted by molar-refractivity contribution is 9.10. The van der Waals surface area contributed by atoms with Crippen molar-refractivity contribution in [3.05, 3.63) is 57.5 Å². The van der Waals surface area contributed by atoms with Crippen LogP contribution >= 0.6 is 27.5 Å². The number of carbonyl (C=O) groups excluding carboxylic acids is 1. The summed E-state index contributed by atoms with van der Waals surface area (Å²) in [6.07, 6.45) is 0. The minimum atomic E-state index is -0.151. The van der Waals surface area contributed by atoms with Gasteiger partial charge in [-0.15, -0.1) is 0 Å². The number of amides is 1. The van der Waals surface area contributed by atoms with Gasteiger partial charge in [0.15, 0.2) is 0 Å². The summed E-state index contributed by atoms with van der Waals surface area (Å²) in [6, 6.07) is 12.3. The van der Waals surface area contributed by atoms with Crippen LogP contribution in [0.15, 0.2) is 46.9 Å². The first-order valence-electron chi connectivity index (χ1n) is 5.58. The van der Waals surface area contributed by atoms with E-state index in [1.165, 1.54) is 4.90 Å². The Kier molecular flexibility index (Phi) is 4.12. The fourth-order valence-corrected chi connectivity index (χ4v) is 2.35. The molecule has 0 saturated heterocycles. The highest BCUT2D eigenvalue weighted by atomic mass is 79.9. The van der Waals surface area contributed by atoms with Crippen LogP contribution in [0, 0.1) is 0 Å². The molecule has 0 saturated carbocycles. The summed E-state index contributed by atoms with van der Waals surface area (Å²) in [6.45, 7) is 0. The Morgan fingerprint density at radius 3 is 2.63 bits per heavy atom. The van der Waals surface area contributed by atoms with Gasteiger partial charge in [-0.25, -0.2) is 0 Å². The lowest BCUT2D eigenvalue weighted by Gasteiger charge is -2.20. The van der Waals surface area contributed by atoms with E-state index < -0.39 is 0 Å². The van der Waals surface area contributed by atoms with E-state index in [1.807, 2.05) is 18.2 Å². The average Bonchev–Trinajstić information content (AvgIpc) is 2.40. The number of carbonyl (C=O) groups is 1. The topological polar surface area (TPSA) is 46.3 Å². The highest BCUT2D eigenvalue weighted by Gasteiger charge is 2.17. The van der Waals surface area contributed by atoms with Crippen molar-refractivity contribution in [3.63, 3.8) is 0 Å². The maximum Gasteiger partial charge on any atom is 0.259 e. The first-order chi connectivity index (χ1) is 9.00. The van der Waals surface area contributed by atoms with Gasteiger partial charge in [0.2, 0.25) is 0 Å². The molecule has 2 aromatic rings. The van der Waals surface area contributed by atoms with E-state index in [0.717, 1.165) is 4.47 Å². The van der Waals surface area contributed by atoms with Crippen LogP contribution < -0.4 is 10.6 Å². The summed E-state index contributed by atoms with van der Waals surface area (Å²) in [5.74, 6) is -0.151. The summed E-state index contributed by atoms with van der Waals surface area (Å²) in [5.41, 5.74) is 7.55. The summed E-state index contributed by atoms with van der Waals surface area (Å²) in [5, 5.41) is 0.538. The van der Waals surface area contributed by atoms with Gasteiger partial charge in [-0.1, -0.05) is 23.7 Å². The van der Waals surface area contributed by atoms with Gasteiger partial charge in [-0.05, 0) is 46.3 Å². The normalized spacial score (nSPS) is 10.3. The average molecular weight is 340 g/mol. The second-order valence-electron chi connectivity index (χ2n) is 4.05. The smallest absolute Gasteiger partial charge is 0.259 e. The number of nitrogens with zero attached hydrogens (tertiary/aromatic N) is 1. The van der Waals surface area contributed by atoms with Gasteiger partial charge in [-0.3, -0.25) is 4.79 Å². The lowest BCUT2D eigenvalue weighted by Crippen LogP contribution is -2.27. The van der Waals surface area contributed by atoms with E-state index in [1.54, 1.807) is 31.3 Å². The molecule has 0 aromatic heterocycles. The molecule has 0 aliphatic heterocycles. The molecular weight excluding hydrogens is 328 g/mol. The lowest BCUT2D eigenvalue weighted by atomic mass is 10.2. The van der Waals surface area contributed by atoms with Crippen LogP contribution in [-0.4, -0.2) is 13.0 Å². The third kappa shape index (κ3) is 2.91. The SMILES string of the molecule is CN(C(=O)c1ccccc1Br)c1cc(Cl)ccc1N. The fraction of sp³-hybridized carbons (Fsp3) is 0.0714. The molecule has 19 heavy (non-hydrogen) atoms. The number of hydrogen-bond donors (Lipinski definition) is 1. The maximum absolute atomic E-state index is 12.4. The molecule has 0 bridgehead atoms. The van der Waals surface area contributed by atoms with Crippen molar-refractivity contribution < 1.29 is 4.79 Å². The Morgan fingerprint density at radius 1 is 1.26 bits per heavy atom. The van der Waals surface area contributed by atoms with Crippen LogP contribution in [0.5, 0.6) is 0 Å². The van der Waals surface area contributed by atoms with Crippen LogP contribution in [0.25, 0.3) is 0 Å². The van der Waals surface area contributed by atoms with Crippen molar-refractivity contribution >= 4 is 44.8 Å². The Labute approximate surface area is 125 Å². The Hall–Kier alpha value is -1.52. The minimum absolute atomic E-state index is 0.151. The summed E-state index contributed by atoms with van der Waals surface area (Å²) < 4.78 is 0.743. The number of hydrogen-bond acceptors (Lipinski definition) is 2. The first kappa shape index (κ1) is 13.9. The van der Waals surface area contributed by atoms with E-state index in [2.05, 4.69) is 15.9 Å². The number of nitrogens with two attached hydrogens (primary N) is 1. The van der Waals surface area contributed by atoms with Crippen LogP contribution in [0.2, 0.25) is 5.02 Å². The highest BCUT2D eigenvalue weighted by Crippen LogP contribution is 2.28. The number of halogens is 2. The monoisotopic (exact) mass is 338 g/mol. The number of benzene rings is 2. The molecule has 0 radical (unpaired) electrons. The van der Waals surface area contributed by atoms with Crippen LogP contribution in [0.4, 0.5) is 11.4 Å². The number of nitrogen functional groups attached to an aromatic ring is 1. The van der Waals surface area contributed by atoms with Gasteiger partial charge in [0.05, 0.1) is 16.9 Å². The molecule has 0 atom stereocenters.